The monoisotopic (exact) mass is 189 g/mol. The fraction of sp³-hybridized carbons (Fsp3) is 0.875. The maximum absolute atomic E-state index is 11.4. The van der Waals surface area contributed by atoms with Crippen LogP contribution in [0.15, 0.2) is 0 Å². The minimum absolute atomic E-state index is 0.0273. The highest BCUT2D eigenvalue weighted by atomic mass is 32.1. The Balaban J connectivity index is 2.39. The summed E-state index contributed by atoms with van der Waals surface area (Å²) >= 11 is 3.99. The van der Waals surface area contributed by atoms with Crippen LogP contribution in [0.3, 0.4) is 0 Å². The second-order valence-electron chi connectivity index (χ2n) is 3.08. The topological polar surface area (TPSA) is 40.5 Å². The molecule has 0 aliphatic carbocycles. The van der Waals surface area contributed by atoms with E-state index in [0.29, 0.717) is 0 Å². The number of aliphatic hydroxyl groups excluding tert-OH is 1. The molecule has 1 rings (SSSR count). The molecule has 0 aromatic carbocycles. The van der Waals surface area contributed by atoms with Gasteiger partial charge in [-0.25, -0.2) is 0 Å². The summed E-state index contributed by atoms with van der Waals surface area (Å²) in [6.07, 6.45) is 3.37. The van der Waals surface area contributed by atoms with Crippen molar-refractivity contribution in [3.8, 4) is 0 Å². The van der Waals surface area contributed by atoms with Crippen LogP contribution in [-0.4, -0.2) is 40.9 Å². The molecule has 1 N–H and O–H groups in total. The lowest BCUT2D eigenvalue weighted by Gasteiger charge is -2.28. The van der Waals surface area contributed by atoms with E-state index < -0.39 is 5.25 Å². The first kappa shape index (κ1) is 9.86. The van der Waals surface area contributed by atoms with Crippen molar-refractivity contribution in [2.45, 2.75) is 24.5 Å². The van der Waals surface area contributed by atoms with Gasteiger partial charge in [-0.1, -0.05) is 0 Å². The van der Waals surface area contributed by atoms with Crippen molar-refractivity contribution in [1.29, 1.82) is 0 Å². The molecular formula is C8H15NO2S. The largest absolute Gasteiger partial charge is 0.395 e. The van der Waals surface area contributed by atoms with E-state index in [4.69, 9.17) is 5.11 Å². The van der Waals surface area contributed by atoms with Crippen LogP contribution in [0.1, 0.15) is 19.3 Å². The summed E-state index contributed by atoms with van der Waals surface area (Å²) in [7, 11) is 0. The summed E-state index contributed by atoms with van der Waals surface area (Å²) in [5.41, 5.74) is 0. The van der Waals surface area contributed by atoms with Gasteiger partial charge in [0.25, 0.3) is 0 Å². The first-order valence-electron chi connectivity index (χ1n) is 4.33. The van der Waals surface area contributed by atoms with E-state index in [1.54, 1.807) is 4.90 Å². The minimum Gasteiger partial charge on any atom is -0.395 e. The smallest absolute Gasteiger partial charge is 0.237 e. The van der Waals surface area contributed by atoms with Crippen molar-refractivity contribution in [2.24, 2.45) is 0 Å². The van der Waals surface area contributed by atoms with E-state index >= 15 is 0 Å². The highest BCUT2D eigenvalue weighted by Crippen LogP contribution is 2.11. The van der Waals surface area contributed by atoms with Gasteiger partial charge in [0, 0.05) is 13.1 Å². The summed E-state index contributed by atoms with van der Waals surface area (Å²) in [5.74, 6) is -0.0273. The third-order valence-corrected chi connectivity index (χ3v) is 2.51. The molecule has 1 heterocycles. The molecule has 1 fully saturated rings. The van der Waals surface area contributed by atoms with E-state index in [1.807, 2.05) is 0 Å². The summed E-state index contributed by atoms with van der Waals surface area (Å²) in [4.78, 5) is 13.2. The Bertz CT molecular complexity index is 157. The zero-order valence-corrected chi connectivity index (χ0v) is 7.96. The molecular weight excluding hydrogens is 174 g/mol. The van der Waals surface area contributed by atoms with Gasteiger partial charge >= 0.3 is 0 Å². The fourth-order valence-electron chi connectivity index (χ4n) is 1.40. The highest BCUT2D eigenvalue weighted by molar-refractivity contribution is 7.81. The Morgan fingerprint density at radius 2 is 2.00 bits per heavy atom. The van der Waals surface area contributed by atoms with Crippen LogP contribution in [0, 0.1) is 0 Å². The van der Waals surface area contributed by atoms with Gasteiger partial charge < -0.3 is 10.0 Å². The van der Waals surface area contributed by atoms with Crippen molar-refractivity contribution in [3.63, 3.8) is 0 Å². The molecule has 4 heteroatoms. The van der Waals surface area contributed by atoms with Gasteiger partial charge in [-0.3, -0.25) is 4.79 Å². The van der Waals surface area contributed by atoms with Crippen LogP contribution < -0.4 is 0 Å². The van der Waals surface area contributed by atoms with Gasteiger partial charge in [-0.2, -0.15) is 12.6 Å². The number of nitrogens with zero attached hydrogens (tertiary/aromatic N) is 1. The quantitative estimate of drug-likeness (QED) is 0.613. The third kappa shape index (κ3) is 2.38. The minimum atomic E-state index is -0.525. The van der Waals surface area contributed by atoms with Gasteiger partial charge in [0.2, 0.25) is 5.91 Å². The van der Waals surface area contributed by atoms with E-state index in [1.165, 1.54) is 6.42 Å². The Morgan fingerprint density at radius 3 is 2.50 bits per heavy atom. The lowest BCUT2D eigenvalue weighted by atomic mass is 10.1. The molecule has 12 heavy (non-hydrogen) atoms. The summed E-state index contributed by atoms with van der Waals surface area (Å²) < 4.78 is 0. The fourth-order valence-corrected chi connectivity index (χ4v) is 1.57. The maximum atomic E-state index is 11.4. The number of hydrogen-bond acceptors (Lipinski definition) is 3. The summed E-state index contributed by atoms with van der Waals surface area (Å²) in [6, 6.07) is 0. The lowest BCUT2D eigenvalue weighted by molar-refractivity contribution is -0.132. The van der Waals surface area contributed by atoms with Crippen molar-refractivity contribution >= 4 is 18.5 Å². The second kappa shape index (κ2) is 4.72. The first-order valence-corrected chi connectivity index (χ1v) is 4.85. The molecule has 0 saturated carbocycles. The molecule has 1 unspecified atom stereocenters. The summed E-state index contributed by atoms with van der Waals surface area (Å²) in [6.45, 7) is 1.49. The molecule has 1 amide bonds. The number of piperidine rings is 1. The van der Waals surface area contributed by atoms with E-state index in [9.17, 15) is 4.79 Å². The maximum Gasteiger partial charge on any atom is 0.237 e. The van der Waals surface area contributed by atoms with Crippen LogP contribution in [0.4, 0.5) is 0 Å². The predicted molar refractivity (Wildman–Crippen MR) is 50.3 cm³/mol. The SMILES string of the molecule is O=C(C(S)CO)N1CCCCC1. The molecule has 1 atom stereocenters. The highest BCUT2D eigenvalue weighted by Gasteiger charge is 2.21. The van der Waals surface area contributed by atoms with Gasteiger partial charge in [0.15, 0.2) is 0 Å². The number of aliphatic hydroxyl groups is 1. The zero-order chi connectivity index (χ0) is 8.97. The average Bonchev–Trinajstić information content (AvgIpc) is 2.17. The molecule has 0 radical (unpaired) electrons. The lowest BCUT2D eigenvalue weighted by Crippen LogP contribution is -2.41. The van der Waals surface area contributed by atoms with E-state index in [0.717, 1.165) is 25.9 Å². The normalized spacial score (nSPS) is 20.7. The Morgan fingerprint density at radius 1 is 1.42 bits per heavy atom. The van der Waals surface area contributed by atoms with Crippen molar-refractivity contribution in [1.82, 2.24) is 4.90 Å². The number of likely N-dealkylation sites (tertiary alicyclic amines) is 1. The van der Waals surface area contributed by atoms with Gasteiger partial charge in [-0.05, 0) is 19.3 Å². The van der Waals surface area contributed by atoms with Crippen molar-refractivity contribution < 1.29 is 9.90 Å². The standard InChI is InChI=1S/C8H15NO2S/c10-6-7(12)8(11)9-4-2-1-3-5-9/h7,10,12H,1-6H2. The average molecular weight is 189 g/mol. The number of thiol groups is 1. The number of amides is 1. The van der Waals surface area contributed by atoms with Crippen LogP contribution in [-0.2, 0) is 4.79 Å². The molecule has 0 bridgehead atoms. The first-order chi connectivity index (χ1) is 5.75. The number of rotatable bonds is 2. The van der Waals surface area contributed by atoms with Gasteiger partial charge in [0.05, 0.1) is 6.61 Å². The molecule has 1 aliphatic heterocycles. The Hall–Kier alpha value is -0.220. The number of carbonyl (C=O) groups is 1. The Labute approximate surface area is 78.2 Å². The molecule has 0 aromatic heterocycles. The predicted octanol–water partition coefficient (Wildman–Crippen LogP) is 0.290. The third-order valence-electron chi connectivity index (χ3n) is 2.13. The Kier molecular flexibility index (Phi) is 3.88. The molecule has 1 aliphatic rings. The van der Waals surface area contributed by atoms with Crippen LogP contribution in [0.25, 0.3) is 0 Å². The molecule has 0 aromatic rings. The van der Waals surface area contributed by atoms with E-state index in [2.05, 4.69) is 12.6 Å². The molecule has 70 valence electrons. The van der Waals surface area contributed by atoms with E-state index in [-0.39, 0.29) is 12.5 Å². The number of carbonyl (C=O) groups excluding carboxylic acids is 1. The van der Waals surface area contributed by atoms with Gasteiger partial charge in [0.1, 0.15) is 5.25 Å². The molecule has 1 saturated heterocycles. The van der Waals surface area contributed by atoms with Crippen molar-refractivity contribution in [2.75, 3.05) is 19.7 Å². The molecule has 0 spiro atoms. The summed E-state index contributed by atoms with van der Waals surface area (Å²) in [5, 5.41) is 8.19. The van der Waals surface area contributed by atoms with Gasteiger partial charge in [-0.15, -0.1) is 0 Å². The number of hydrogen-bond donors (Lipinski definition) is 2. The second-order valence-corrected chi connectivity index (χ2v) is 3.71. The van der Waals surface area contributed by atoms with Crippen LogP contribution >= 0.6 is 12.6 Å². The van der Waals surface area contributed by atoms with Crippen LogP contribution in [0.2, 0.25) is 0 Å². The van der Waals surface area contributed by atoms with Crippen LogP contribution in [0.5, 0.6) is 0 Å². The van der Waals surface area contributed by atoms with Crippen molar-refractivity contribution in [3.05, 3.63) is 0 Å². The zero-order valence-electron chi connectivity index (χ0n) is 7.07. The molecule has 3 nitrogen and oxygen atoms in total.